The van der Waals surface area contributed by atoms with Crippen molar-refractivity contribution in [1.82, 2.24) is 0 Å². The van der Waals surface area contributed by atoms with E-state index in [2.05, 4.69) is 23.2 Å². The van der Waals surface area contributed by atoms with E-state index in [0.717, 1.165) is 12.8 Å². The quantitative estimate of drug-likeness (QED) is 0.433. The lowest BCUT2D eigenvalue weighted by Crippen LogP contribution is -2.04. The minimum Gasteiger partial charge on any atom is -0.211 e. The summed E-state index contributed by atoms with van der Waals surface area (Å²) in [7, 11) is 0. The maximum Gasteiger partial charge on any atom is 0.235 e. The second kappa shape index (κ2) is 4.12. The third kappa shape index (κ3) is 1.94. The first-order valence-corrected chi connectivity index (χ1v) is 6.55. The fourth-order valence-corrected chi connectivity index (χ4v) is 2.87. The molecule has 1 saturated carbocycles. The standard InChI is InChI=1S/C15H17NO/c17-11-16-15(8-9-15)14-7-6-12-4-2-1-3-5-13(12)10-14/h6-7,10H,1-5,8-9H2. The summed E-state index contributed by atoms with van der Waals surface area (Å²) < 4.78 is 0. The average Bonchev–Trinajstić information content (AvgIpc) is 3.12. The van der Waals surface area contributed by atoms with E-state index in [0.29, 0.717) is 0 Å². The zero-order valence-electron chi connectivity index (χ0n) is 10.0. The molecule has 2 aliphatic rings. The van der Waals surface area contributed by atoms with Crippen LogP contribution in [0.1, 0.15) is 48.8 Å². The molecule has 1 fully saturated rings. The molecule has 0 aliphatic heterocycles. The van der Waals surface area contributed by atoms with Gasteiger partial charge in [0, 0.05) is 0 Å². The summed E-state index contributed by atoms with van der Waals surface area (Å²) in [4.78, 5) is 14.5. The number of nitrogens with zero attached hydrogens (tertiary/aromatic N) is 1. The van der Waals surface area contributed by atoms with Crippen LogP contribution in [-0.4, -0.2) is 6.08 Å². The topological polar surface area (TPSA) is 29.4 Å². The molecule has 0 aromatic heterocycles. The Hall–Kier alpha value is -1.40. The summed E-state index contributed by atoms with van der Waals surface area (Å²) in [6.45, 7) is 0. The van der Waals surface area contributed by atoms with Crippen LogP contribution in [0.15, 0.2) is 23.2 Å². The molecule has 17 heavy (non-hydrogen) atoms. The van der Waals surface area contributed by atoms with Crippen molar-refractivity contribution in [1.29, 1.82) is 0 Å². The Morgan fingerprint density at radius 1 is 1.06 bits per heavy atom. The van der Waals surface area contributed by atoms with Crippen molar-refractivity contribution in [2.24, 2.45) is 4.99 Å². The van der Waals surface area contributed by atoms with Gasteiger partial charge in [-0.25, -0.2) is 4.79 Å². The SMILES string of the molecule is O=C=NC1(c2ccc3c(c2)CCCCC3)CC1. The van der Waals surface area contributed by atoms with Gasteiger partial charge in [0.15, 0.2) is 0 Å². The van der Waals surface area contributed by atoms with Crippen LogP contribution in [0, 0.1) is 0 Å². The third-order valence-electron chi connectivity index (χ3n) is 4.12. The van der Waals surface area contributed by atoms with Gasteiger partial charge in [-0.2, -0.15) is 4.99 Å². The molecular formula is C15H17NO. The number of fused-ring (bicyclic) bond motifs is 1. The van der Waals surface area contributed by atoms with Crippen LogP contribution in [0.5, 0.6) is 0 Å². The number of aryl methyl sites for hydroxylation is 2. The second-order valence-electron chi connectivity index (χ2n) is 5.28. The van der Waals surface area contributed by atoms with Crippen LogP contribution in [0.2, 0.25) is 0 Å². The Bertz CT molecular complexity index is 482. The fraction of sp³-hybridized carbons (Fsp3) is 0.533. The molecule has 0 bridgehead atoms. The first kappa shape index (κ1) is 10.7. The molecule has 1 aromatic rings. The van der Waals surface area contributed by atoms with E-state index in [-0.39, 0.29) is 5.54 Å². The summed E-state index contributed by atoms with van der Waals surface area (Å²) in [5, 5.41) is 0. The van der Waals surface area contributed by atoms with Gasteiger partial charge in [-0.1, -0.05) is 24.6 Å². The van der Waals surface area contributed by atoms with Gasteiger partial charge in [-0.15, -0.1) is 0 Å². The van der Waals surface area contributed by atoms with Gasteiger partial charge in [0.2, 0.25) is 6.08 Å². The van der Waals surface area contributed by atoms with Gasteiger partial charge in [0.1, 0.15) is 0 Å². The van der Waals surface area contributed by atoms with E-state index in [4.69, 9.17) is 0 Å². The van der Waals surface area contributed by atoms with Crippen LogP contribution in [0.25, 0.3) is 0 Å². The molecule has 0 spiro atoms. The van der Waals surface area contributed by atoms with Crippen LogP contribution < -0.4 is 0 Å². The molecule has 0 N–H and O–H groups in total. The normalized spacial score (nSPS) is 20.9. The van der Waals surface area contributed by atoms with E-state index in [1.165, 1.54) is 48.8 Å². The van der Waals surface area contributed by atoms with E-state index in [9.17, 15) is 4.79 Å². The second-order valence-corrected chi connectivity index (χ2v) is 5.28. The van der Waals surface area contributed by atoms with Gasteiger partial charge in [0.05, 0.1) is 5.54 Å². The largest absolute Gasteiger partial charge is 0.235 e. The highest BCUT2D eigenvalue weighted by Gasteiger charge is 2.44. The maximum atomic E-state index is 10.5. The number of aliphatic imine (C=N–C) groups is 1. The highest BCUT2D eigenvalue weighted by Crippen LogP contribution is 2.49. The molecule has 0 unspecified atom stereocenters. The molecule has 88 valence electrons. The van der Waals surface area contributed by atoms with Gasteiger partial charge in [-0.05, 0) is 55.2 Å². The Morgan fingerprint density at radius 2 is 1.82 bits per heavy atom. The average molecular weight is 227 g/mol. The number of isocyanates is 1. The summed E-state index contributed by atoms with van der Waals surface area (Å²) in [5.41, 5.74) is 3.99. The van der Waals surface area contributed by atoms with Crippen molar-refractivity contribution in [3.63, 3.8) is 0 Å². The van der Waals surface area contributed by atoms with Gasteiger partial charge < -0.3 is 0 Å². The summed E-state index contributed by atoms with van der Waals surface area (Å²) in [6.07, 6.45) is 10.1. The molecule has 2 aliphatic carbocycles. The van der Waals surface area contributed by atoms with Crippen molar-refractivity contribution >= 4 is 6.08 Å². The molecule has 0 heterocycles. The lowest BCUT2D eigenvalue weighted by molar-refractivity contribution is 0.556. The van der Waals surface area contributed by atoms with E-state index in [1.807, 2.05) is 0 Å². The maximum absolute atomic E-state index is 10.5. The molecule has 0 amide bonds. The van der Waals surface area contributed by atoms with Crippen molar-refractivity contribution < 1.29 is 4.79 Å². The van der Waals surface area contributed by atoms with Gasteiger partial charge in [-0.3, -0.25) is 0 Å². The van der Waals surface area contributed by atoms with Gasteiger partial charge >= 0.3 is 0 Å². The number of benzene rings is 1. The fourth-order valence-electron chi connectivity index (χ4n) is 2.87. The van der Waals surface area contributed by atoms with Crippen molar-refractivity contribution in [3.8, 4) is 0 Å². The Balaban J connectivity index is 1.98. The molecule has 0 saturated heterocycles. The highest BCUT2D eigenvalue weighted by atomic mass is 16.1. The molecule has 1 aromatic carbocycles. The Kier molecular flexibility index (Phi) is 2.60. The molecule has 3 rings (SSSR count). The monoisotopic (exact) mass is 227 g/mol. The zero-order chi connectivity index (χ0) is 11.7. The van der Waals surface area contributed by atoms with Crippen LogP contribution >= 0.6 is 0 Å². The molecule has 2 heteroatoms. The number of hydrogen-bond acceptors (Lipinski definition) is 2. The smallest absolute Gasteiger partial charge is 0.211 e. The Labute approximate surface area is 102 Å². The van der Waals surface area contributed by atoms with E-state index in [1.54, 1.807) is 6.08 Å². The number of rotatable bonds is 2. The first-order chi connectivity index (χ1) is 8.34. The number of carbonyl (C=O) groups excluding carboxylic acids is 1. The van der Waals surface area contributed by atoms with Crippen molar-refractivity contribution in [2.75, 3.05) is 0 Å². The molecule has 0 atom stereocenters. The summed E-state index contributed by atoms with van der Waals surface area (Å²) in [5.74, 6) is 0. The minimum atomic E-state index is -0.205. The van der Waals surface area contributed by atoms with E-state index < -0.39 is 0 Å². The van der Waals surface area contributed by atoms with Gasteiger partial charge in [0.25, 0.3) is 0 Å². The van der Waals surface area contributed by atoms with Crippen LogP contribution in [0.3, 0.4) is 0 Å². The third-order valence-corrected chi connectivity index (χ3v) is 4.12. The summed E-state index contributed by atoms with van der Waals surface area (Å²) in [6, 6.07) is 6.70. The first-order valence-electron chi connectivity index (χ1n) is 6.55. The van der Waals surface area contributed by atoms with Crippen molar-refractivity contribution in [3.05, 3.63) is 34.9 Å². The highest BCUT2D eigenvalue weighted by molar-refractivity contribution is 5.44. The van der Waals surface area contributed by atoms with Crippen LogP contribution in [0.4, 0.5) is 0 Å². The lowest BCUT2D eigenvalue weighted by Gasteiger charge is -2.12. The predicted octanol–water partition coefficient (Wildman–Crippen LogP) is 3.28. The Morgan fingerprint density at radius 3 is 2.53 bits per heavy atom. The predicted molar refractivity (Wildman–Crippen MR) is 66.7 cm³/mol. The molecule has 0 radical (unpaired) electrons. The molecule has 2 nitrogen and oxygen atoms in total. The summed E-state index contributed by atoms with van der Waals surface area (Å²) >= 11 is 0. The lowest BCUT2D eigenvalue weighted by atomic mass is 9.96. The minimum absolute atomic E-state index is 0.205. The van der Waals surface area contributed by atoms with Crippen molar-refractivity contribution in [2.45, 2.75) is 50.5 Å². The van der Waals surface area contributed by atoms with E-state index >= 15 is 0 Å². The van der Waals surface area contributed by atoms with Crippen LogP contribution in [-0.2, 0) is 23.2 Å². The zero-order valence-corrected chi connectivity index (χ0v) is 10.0. The number of hydrogen-bond donors (Lipinski definition) is 0. The molecular weight excluding hydrogens is 210 g/mol.